The van der Waals surface area contributed by atoms with E-state index in [0.29, 0.717) is 11.8 Å². The van der Waals surface area contributed by atoms with E-state index in [2.05, 4.69) is 64.0 Å². The Bertz CT molecular complexity index is 522. The van der Waals surface area contributed by atoms with Crippen molar-refractivity contribution in [1.29, 1.82) is 0 Å². The molecule has 1 N–H and O–H groups in total. The Morgan fingerprint density at radius 2 is 1.54 bits per heavy atom. The normalized spacial score (nSPS) is 16.3. The fraction of sp³-hybridized carbons (Fsp3) is 0.650. The minimum atomic E-state index is -0.0970. The summed E-state index contributed by atoms with van der Waals surface area (Å²) in [5.41, 5.74) is 3.30. The molecule has 0 spiro atoms. The molecule has 1 aliphatic rings. The largest absolute Gasteiger partial charge is 0.334 e. The van der Waals surface area contributed by atoms with Crippen LogP contribution in [0.5, 0.6) is 0 Å². The summed E-state index contributed by atoms with van der Waals surface area (Å²) in [5.74, 6) is 0.693. The Morgan fingerprint density at radius 1 is 1.04 bits per heavy atom. The van der Waals surface area contributed by atoms with E-state index >= 15 is 0 Å². The highest BCUT2D eigenvalue weighted by Gasteiger charge is 2.24. The quantitative estimate of drug-likeness (QED) is 0.506. The first kappa shape index (κ1) is 19.2. The molecule has 1 fully saturated rings. The van der Waals surface area contributed by atoms with Crippen LogP contribution in [-0.2, 0) is 0 Å². The van der Waals surface area contributed by atoms with Crippen LogP contribution in [0.1, 0.15) is 89.2 Å². The van der Waals surface area contributed by atoms with Gasteiger partial charge in [-0.25, -0.2) is 9.10 Å². The minimum Gasteiger partial charge on any atom is -0.334 e. The average Bonchev–Trinajstić information content (AvgIpc) is 2.81. The topological polar surface area (TPSA) is 32.3 Å². The summed E-state index contributed by atoms with van der Waals surface area (Å²) in [7, 11) is 0. The number of rotatable bonds is 4. The van der Waals surface area contributed by atoms with E-state index in [1.807, 2.05) is 0 Å². The van der Waals surface area contributed by atoms with Crippen molar-refractivity contribution >= 4 is 24.5 Å². The molecule has 2 amide bonds. The third kappa shape index (κ3) is 4.69. The van der Waals surface area contributed by atoms with Crippen LogP contribution >= 0.6 is 12.8 Å². The van der Waals surface area contributed by atoms with Crippen molar-refractivity contribution in [2.45, 2.75) is 84.1 Å². The van der Waals surface area contributed by atoms with Gasteiger partial charge in [0.2, 0.25) is 0 Å². The molecule has 0 aliphatic heterocycles. The number of nitrogens with one attached hydrogen (secondary N) is 1. The summed E-state index contributed by atoms with van der Waals surface area (Å²) in [5, 5.41) is 3.20. The number of thiol groups is 1. The number of para-hydroxylation sites is 1. The van der Waals surface area contributed by atoms with Crippen LogP contribution in [0.2, 0.25) is 0 Å². The monoisotopic (exact) mass is 348 g/mol. The van der Waals surface area contributed by atoms with Crippen LogP contribution in [-0.4, -0.2) is 12.1 Å². The van der Waals surface area contributed by atoms with E-state index in [1.165, 1.54) is 41.1 Å². The third-order valence-corrected chi connectivity index (χ3v) is 5.31. The summed E-state index contributed by atoms with van der Waals surface area (Å²) in [4.78, 5) is 12.8. The Labute approximate surface area is 152 Å². The van der Waals surface area contributed by atoms with Crippen LogP contribution in [0.3, 0.4) is 0 Å². The van der Waals surface area contributed by atoms with E-state index < -0.39 is 0 Å². The average molecular weight is 349 g/mol. The lowest BCUT2D eigenvalue weighted by Crippen LogP contribution is -2.41. The molecule has 0 atom stereocenters. The molecule has 24 heavy (non-hydrogen) atoms. The van der Waals surface area contributed by atoms with E-state index in [4.69, 9.17) is 0 Å². The summed E-state index contributed by atoms with van der Waals surface area (Å²) in [6, 6.07) is 6.48. The van der Waals surface area contributed by atoms with E-state index in [1.54, 1.807) is 0 Å². The Balaban J connectivity index is 2.23. The molecule has 0 bridgehead atoms. The van der Waals surface area contributed by atoms with E-state index in [0.717, 1.165) is 18.5 Å². The maximum Gasteiger partial charge on any atom is 0.332 e. The molecule has 1 saturated carbocycles. The Kier molecular flexibility index (Phi) is 7.02. The molecular weight excluding hydrogens is 316 g/mol. The second-order valence-corrected chi connectivity index (χ2v) is 7.94. The molecule has 0 heterocycles. The lowest BCUT2D eigenvalue weighted by atomic mass is 9.92. The summed E-state index contributed by atoms with van der Waals surface area (Å²) >= 11 is 4.59. The number of carbonyl (C=O) groups is 1. The predicted molar refractivity (Wildman–Crippen MR) is 106 cm³/mol. The van der Waals surface area contributed by atoms with Crippen LogP contribution < -0.4 is 9.62 Å². The standard InChI is InChI=1S/C20H32N2OS/c1-14(2)17-12-9-13-18(15(3)4)19(17)22(24)20(23)21-16-10-7-5-6-8-11-16/h9,12-16,24H,5-8,10-11H2,1-4H3,(H,21,23). The maximum atomic E-state index is 12.8. The van der Waals surface area contributed by atoms with Crippen molar-refractivity contribution in [3.63, 3.8) is 0 Å². The fourth-order valence-corrected chi connectivity index (χ4v) is 3.81. The van der Waals surface area contributed by atoms with Crippen LogP contribution in [0, 0.1) is 0 Å². The van der Waals surface area contributed by atoms with E-state index in [-0.39, 0.29) is 12.1 Å². The number of urea groups is 1. The smallest absolute Gasteiger partial charge is 0.332 e. The third-order valence-electron chi connectivity index (χ3n) is 4.93. The molecule has 2 rings (SSSR count). The summed E-state index contributed by atoms with van der Waals surface area (Å²) < 4.78 is 1.54. The van der Waals surface area contributed by atoms with Crippen molar-refractivity contribution in [1.82, 2.24) is 5.32 Å². The first-order valence-corrected chi connectivity index (χ1v) is 9.74. The van der Waals surface area contributed by atoms with Gasteiger partial charge in [-0.2, -0.15) is 0 Å². The fourth-order valence-electron chi connectivity index (χ4n) is 3.52. The van der Waals surface area contributed by atoms with Gasteiger partial charge in [-0.1, -0.05) is 84.4 Å². The SMILES string of the molecule is CC(C)c1cccc(C(C)C)c1N(S)C(=O)NC1CCCCCC1. The molecule has 134 valence electrons. The highest BCUT2D eigenvalue weighted by molar-refractivity contribution is 7.82. The zero-order valence-corrected chi connectivity index (χ0v) is 16.4. The van der Waals surface area contributed by atoms with Gasteiger partial charge in [0, 0.05) is 6.04 Å². The van der Waals surface area contributed by atoms with Gasteiger partial charge in [-0.15, -0.1) is 0 Å². The first-order chi connectivity index (χ1) is 11.4. The molecule has 0 unspecified atom stereocenters. The number of hydrogen-bond acceptors (Lipinski definition) is 2. The molecule has 3 nitrogen and oxygen atoms in total. The molecule has 1 aromatic carbocycles. The maximum absolute atomic E-state index is 12.8. The van der Waals surface area contributed by atoms with Gasteiger partial charge in [0.25, 0.3) is 0 Å². The van der Waals surface area contributed by atoms with Crippen molar-refractivity contribution in [3.05, 3.63) is 29.3 Å². The van der Waals surface area contributed by atoms with Crippen LogP contribution in [0.4, 0.5) is 10.5 Å². The Hall–Kier alpha value is -1.16. The number of carbonyl (C=O) groups excluding carboxylic acids is 1. The lowest BCUT2D eigenvalue weighted by molar-refractivity contribution is 0.244. The number of benzene rings is 1. The molecular formula is C20H32N2OS. The first-order valence-electron chi connectivity index (χ1n) is 9.34. The molecule has 0 radical (unpaired) electrons. The number of hydrogen-bond donors (Lipinski definition) is 2. The molecule has 4 heteroatoms. The van der Waals surface area contributed by atoms with Gasteiger partial charge in [0.15, 0.2) is 0 Å². The molecule has 1 aromatic rings. The van der Waals surface area contributed by atoms with Gasteiger partial charge < -0.3 is 5.32 Å². The van der Waals surface area contributed by atoms with Gasteiger partial charge in [0.05, 0.1) is 5.69 Å². The number of amides is 2. The molecule has 1 aliphatic carbocycles. The van der Waals surface area contributed by atoms with Gasteiger partial charge in [0.1, 0.15) is 0 Å². The van der Waals surface area contributed by atoms with Gasteiger partial charge >= 0.3 is 6.03 Å². The van der Waals surface area contributed by atoms with E-state index in [9.17, 15) is 4.79 Å². The highest BCUT2D eigenvalue weighted by atomic mass is 32.1. The summed E-state index contributed by atoms with van der Waals surface area (Å²) in [6.07, 6.45) is 7.14. The Morgan fingerprint density at radius 3 is 2.00 bits per heavy atom. The van der Waals surface area contributed by atoms with Crippen molar-refractivity contribution in [2.75, 3.05) is 4.31 Å². The van der Waals surface area contributed by atoms with Crippen molar-refractivity contribution in [2.24, 2.45) is 0 Å². The predicted octanol–water partition coefficient (Wildman–Crippen LogP) is 6.02. The zero-order valence-electron chi connectivity index (χ0n) is 15.5. The van der Waals surface area contributed by atoms with Gasteiger partial charge in [-0.3, -0.25) is 0 Å². The molecule has 0 saturated heterocycles. The second-order valence-electron chi connectivity index (χ2n) is 7.54. The number of nitrogens with zero attached hydrogens (tertiary/aromatic N) is 1. The van der Waals surface area contributed by atoms with Crippen molar-refractivity contribution < 1.29 is 4.79 Å². The lowest BCUT2D eigenvalue weighted by Gasteiger charge is -2.27. The van der Waals surface area contributed by atoms with Gasteiger partial charge in [-0.05, 0) is 35.8 Å². The second kappa shape index (κ2) is 8.80. The zero-order chi connectivity index (χ0) is 17.7. The van der Waals surface area contributed by atoms with Crippen LogP contribution in [0.15, 0.2) is 18.2 Å². The summed E-state index contributed by atoms with van der Waals surface area (Å²) in [6.45, 7) is 8.64. The molecule has 0 aromatic heterocycles. The van der Waals surface area contributed by atoms with Crippen LogP contribution in [0.25, 0.3) is 0 Å². The highest BCUT2D eigenvalue weighted by Crippen LogP contribution is 2.36. The number of anilines is 1. The van der Waals surface area contributed by atoms with Crippen molar-refractivity contribution in [3.8, 4) is 0 Å². The minimum absolute atomic E-state index is 0.0970.